The first-order valence-corrected chi connectivity index (χ1v) is 7.08. The molecule has 1 aliphatic rings. The van der Waals surface area contributed by atoms with Crippen LogP contribution in [-0.4, -0.2) is 25.2 Å². The summed E-state index contributed by atoms with van der Waals surface area (Å²) in [5.74, 6) is 0.690. The van der Waals surface area contributed by atoms with E-state index in [1.54, 1.807) is 0 Å². The second kappa shape index (κ2) is 7.70. The number of nitrogens with one attached hydrogen (secondary N) is 1. The van der Waals surface area contributed by atoms with E-state index in [4.69, 9.17) is 4.74 Å². The summed E-state index contributed by atoms with van der Waals surface area (Å²) in [6.07, 6.45) is 6.01. The lowest BCUT2D eigenvalue weighted by Gasteiger charge is -2.29. The zero-order chi connectivity index (χ0) is 12.7. The molecule has 1 saturated carbocycles. The van der Waals surface area contributed by atoms with Gasteiger partial charge in [-0.25, -0.2) is 0 Å². The molecule has 100 valence electrons. The Kier molecular flexibility index (Phi) is 6.56. The lowest BCUT2D eigenvalue weighted by Crippen LogP contribution is -2.32. The van der Waals surface area contributed by atoms with E-state index in [2.05, 4.69) is 12.2 Å². The van der Waals surface area contributed by atoms with Gasteiger partial charge in [-0.2, -0.15) is 0 Å². The topological polar surface area (TPSA) is 38.3 Å². The molecule has 0 aromatic heterocycles. The van der Waals surface area contributed by atoms with E-state index < -0.39 is 0 Å². The Morgan fingerprint density at radius 3 is 2.82 bits per heavy atom. The van der Waals surface area contributed by atoms with Crippen LogP contribution in [0, 0.1) is 11.8 Å². The Bertz CT molecular complexity index is 230. The first-order valence-electron chi connectivity index (χ1n) is 7.08. The van der Waals surface area contributed by atoms with Gasteiger partial charge in [0, 0.05) is 6.54 Å². The molecule has 1 fully saturated rings. The molecule has 0 radical (unpaired) electrons. The zero-order valence-corrected chi connectivity index (χ0v) is 11.5. The first-order chi connectivity index (χ1) is 8.17. The van der Waals surface area contributed by atoms with Gasteiger partial charge in [-0.15, -0.1) is 0 Å². The van der Waals surface area contributed by atoms with Gasteiger partial charge in [0.25, 0.3) is 0 Å². The molecule has 0 heterocycles. The number of rotatable bonds is 6. The van der Waals surface area contributed by atoms with Crippen molar-refractivity contribution in [2.45, 2.75) is 59.0 Å². The first kappa shape index (κ1) is 14.5. The van der Waals surface area contributed by atoms with Gasteiger partial charge in [-0.05, 0) is 31.7 Å². The molecule has 3 heteroatoms. The van der Waals surface area contributed by atoms with Crippen molar-refractivity contribution >= 4 is 5.97 Å². The second-order valence-corrected chi connectivity index (χ2v) is 5.21. The average molecular weight is 241 g/mol. The van der Waals surface area contributed by atoms with E-state index >= 15 is 0 Å². The molecule has 0 aromatic rings. The van der Waals surface area contributed by atoms with Gasteiger partial charge in [-0.3, -0.25) is 4.79 Å². The van der Waals surface area contributed by atoms with Crippen LogP contribution in [0.25, 0.3) is 0 Å². The molecular weight excluding hydrogens is 214 g/mol. The fourth-order valence-electron chi connectivity index (χ4n) is 2.44. The largest absolute Gasteiger partial charge is 0.462 e. The summed E-state index contributed by atoms with van der Waals surface area (Å²) in [6, 6.07) is 0. The minimum atomic E-state index is -0.0345. The molecule has 1 N–H and O–H groups in total. The van der Waals surface area contributed by atoms with Crippen LogP contribution in [0.3, 0.4) is 0 Å². The summed E-state index contributed by atoms with van der Waals surface area (Å²) < 4.78 is 5.60. The van der Waals surface area contributed by atoms with Crippen LogP contribution < -0.4 is 5.32 Å². The molecule has 0 saturated heterocycles. The SMILES string of the molecule is CCNCC(C)C(=O)OC1CCCC(CC)C1. The highest BCUT2D eigenvalue weighted by atomic mass is 16.5. The monoisotopic (exact) mass is 241 g/mol. The van der Waals surface area contributed by atoms with Gasteiger partial charge in [0.1, 0.15) is 6.10 Å². The Hall–Kier alpha value is -0.570. The van der Waals surface area contributed by atoms with E-state index in [0.29, 0.717) is 0 Å². The maximum atomic E-state index is 11.8. The molecule has 0 amide bonds. The van der Waals surface area contributed by atoms with Crippen LogP contribution in [0.2, 0.25) is 0 Å². The minimum absolute atomic E-state index is 0.0306. The predicted octanol–water partition coefficient (Wildman–Crippen LogP) is 2.74. The molecule has 3 nitrogen and oxygen atoms in total. The van der Waals surface area contributed by atoms with Crippen molar-refractivity contribution in [1.29, 1.82) is 0 Å². The second-order valence-electron chi connectivity index (χ2n) is 5.21. The van der Waals surface area contributed by atoms with Gasteiger partial charge in [0.15, 0.2) is 0 Å². The average Bonchev–Trinajstić information content (AvgIpc) is 2.36. The van der Waals surface area contributed by atoms with Gasteiger partial charge < -0.3 is 10.1 Å². The van der Waals surface area contributed by atoms with Gasteiger partial charge >= 0.3 is 5.97 Å². The molecular formula is C14H27NO2. The van der Waals surface area contributed by atoms with Gasteiger partial charge in [-0.1, -0.05) is 33.6 Å². The van der Waals surface area contributed by atoms with Crippen LogP contribution in [0.4, 0.5) is 0 Å². The summed E-state index contributed by atoms with van der Waals surface area (Å²) in [4.78, 5) is 11.8. The summed E-state index contributed by atoms with van der Waals surface area (Å²) in [5.41, 5.74) is 0. The van der Waals surface area contributed by atoms with Crippen LogP contribution in [-0.2, 0) is 9.53 Å². The number of carbonyl (C=O) groups excluding carboxylic acids is 1. The van der Waals surface area contributed by atoms with Gasteiger partial charge in [0.05, 0.1) is 5.92 Å². The summed E-state index contributed by atoms with van der Waals surface area (Å²) in [6.45, 7) is 7.83. The minimum Gasteiger partial charge on any atom is -0.462 e. The van der Waals surface area contributed by atoms with E-state index in [0.717, 1.165) is 31.8 Å². The van der Waals surface area contributed by atoms with E-state index in [9.17, 15) is 4.79 Å². The normalized spacial score (nSPS) is 26.5. The lowest BCUT2D eigenvalue weighted by atomic mass is 9.85. The van der Waals surface area contributed by atoms with Crippen LogP contribution >= 0.6 is 0 Å². The van der Waals surface area contributed by atoms with Crippen molar-refractivity contribution in [3.63, 3.8) is 0 Å². The number of carbonyl (C=O) groups is 1. The number of hydrogen-bond donors (Lipinski definition) is 1. The molecule has 0 spiro atoms. The molecule has 17 heavy (non-hydrogen) atoms. The fourth-order valence-corrected chi connectivity index (χ4v) is 2.44. The molecule has 0 aromatic carbocycles. The maximum Gasteiger partial charge on any atom is 0.310 e. The van der Waals surface area contributed by atoms with Crippen LogP contribution in [0.5, 0.6) is 0 Å². The van der Waals surface area contributed by atoms with Crippen molar-refractivity contribution in [3.05, 3.63) is 0 Å². The maximum absolute atomic E-state index is 11.8. The number of esters is 1. The molecule has 0 bridgehead atoms. The van der Waals surface area contributed by atoms with Crippen molar-refractivity contribution in [2.75, 3.05) is 13.1 Å². The van der Waals surface area contributed by atoms with Crippen LogP contribution in [0.15, 0.2) is 0 Å². The van der Waals surface area contributed by atoms with Crippen molar-refractivity contribution < 1.29 is 9.53 Å². The number of hydrogen-bond acceptors (Lipinski definition) is 3. The highest BCUT2D eigenvalue weighted by Crippen LogP contribution is 2.28. The van der Waals surface area contributed by atoms with Crippen molar-refractivity contribution in [1.82, 2.24) is 5.32 Å². The Balaban J connectivity index is 2.29. The number of ether oxygens (including phenoxy) is 1. The van der Waals surface area contributed by atoms with Crippen LogP contribution in [0.1, 0.15) is 52.9 Å². The molecule has 0 aliphatic heterocycles. The Morgan fingerprint density at radius 2 is 2.18 bits per heavy atom. The molecule has 3 unspecified atom stereocenters. The third kappa shape index (κ3) is 5.07. The zero-order valence-electron chi connectivity index (χ0n) is 11.5. The highest BCUT2D eigenvalue weighted by molar-refractivity contribution is 5.72. The predicted molar refractivity (Wildman–Crippen MR) is 69.8 cm³/mol. The quantitative estimate of drug-likeness (QED) is 0.727. The van der Waals surface area contributed by atoms with Crippen molar-refractivity contribution in [2.24, 2.45) is 11.8 Å². The van der Waals surface area contributed by atoms with E-state index in [1.165, 1.54) is 19.3 Å². The Labute approximate surface area is 105 Å². The molecule has 1 aliphatic carbocycles. The standard InChI is InChI=1S/C14H27NO2/c1-4-12-7-6-8-13(9-12)17-14(16)11(3)10-15-5-2/h11-13,15H,4-10H2,1-3H3. The summed E-state index contributed by atoms with van der Waals surface area (Å²) >= 11 is 0. The smallest absolute Gasteiger partial charge is 0.310 e. The van der Waals surface area contributed by atoms with E-state index in [1.807, 2.05) is 13.8 Å². The molecule has 3 atom stereocenters. The lowest BCUT2D eigenvalue weighted by molar-refractivity contribution is -0.155. The summed E-state index contributed by atoms with van der Waals surface area (Å²) in [5, 5.41) is 3.19. The van der Waals surface area contributed by atoms with Gasteiger partial charge in [0.2, 0.25) is 0 Å². The third-order valence-corrected chi connectivity index (χ3v) is 3.70. The molecule has 1 rings (SSSR count). The third-order valence-electron chi connectivity index (χ3n) is 3.70. The summed E-state index contributed by atoms with van der Waals surface area (Å²) in [7, 11) is 0. The fraction of sp³-hybridized carbons (Fsp3) is 0.929. The highest BCUT2D eigenvalue weighted by Gasteiger charge is 2.25. The Morgan fingerprint density at radius 1 is 1.41 bits per heavy atom. The van der Waals surface area contributed by atoms with Crippen molar-refractivity contribution in [3.8, 4) is 0 Å². The van der Waals surface area contributed by atoms with E-state index in [-0.39, 0.29) is 18.0 Å².